The molecule has 1 aromatic heterocycles. The minimum Gasteiger partial charge on any atom is -0.248 e. The van der Waals surface area contributed by atoms with Crippen LogP contribution < -0.4 is 0 Å². The maximum atomic E-state index is 5.11. The molecule has 0 fully saturated rings. The molecule has 0 atom stereocenters. The number of hydrogen-bond acceptors (Lipinski definition) is 1. The van der Waals surface area contributed by atoms with E-state index in [2.05, 4.69) is 212 Å². The third-order valence-corrected chi connectivity index (χ3v) is 11.1. The fourth-order valence-electron chi connectivity index (χ4n) is 8.59. The molecular formula is C54H37N. The lowest BCUT2D eigenvalue weighted by atomic mass is 9.67. The van der Waals surface area contributed by atoms with Gasteiger partial charge in [0.15, 0.2) is 0 Å². The van der Waals surface area contributed by atoms with Crippen LogP contribution in [0.4, 0.5) is 0 Å². The molecule has 1 aliphatic rings. The smallest absolute Gasteiger partial charge is 0.0715 e. The molecule has 1 nitrogen and oxygen atoms in total. The fraction of sp³-hybridized carbons (Fsp3) is 0.0185. The van der Waals surface area contributed by atoms with E-state index in [1.807, 2.05) is 12.1 Å². The van der Waals surface area contributed by atoms with Crippen molar-refractivity contribution in [1.29, 1.82) is 0 Å². The minimum absolute atomic E-state index is 0.432. The maximum absolute atomic E-state index is 5.11. The summed E-state index contributed by atoms with van der Waals surface area (Å²) in [7, 11) is 0. The predicted octanol–water partition coefficient (Wildman–Crippen LogP) is 13.8. The minimum atomic E-state index is -0.432. The first-order valence-electron chi connectivity index (χ1n) is 19.0. The Morgan fingerprint density at radius 3 is 1.18 bits per heavy atom. The molecular weight excluding hydrogens is 663 g/mol. The molecule has 1 aliphatic carbocycles. The Kier molecular flexibility index (Phi) is 8.12. The molecule has 0 aliphatic heterocycles. The largest absolute Gasteiger partial charge is 0.248 e. The molecule has 55 heavy (non-hydrogen) atoms. The van der Waals surface area contributed by atoms with Gasteiger partial charge in [-0.15, -0.1) is 0 Å². The molecule has 0 N–H and O–H groups in total. The first-order chi connectivity index (χ1) is 27.3. The molecule has 0 radical (unpaired) electrons. The topological polar surface area (TPSA) is 12.9 Å². The maximum Gasteiger partial charge on any atom is 0.0715 e. The van der Waals surface area contributed by atoms with Gasteiger partial charge >= 0.3 is 0 Å². The highest BCUT2D eigenvalue weighted by Gasteiger charge is 2.46. The summed E-state index contributed by atoms with van der Waals surface area (Å²) in [6.07, 6.45) is 0. The Labute approximate surface area is 322 Å². The van der Waals surface area contributed by atoms with E-state index < -0.39 is 5.41 Å². The van der Waals surface area contributed by atoms with Crippen molar-refractivity contribution in [3.8, 4) is 67.0 Å². The highest BCUT2D eigenvalue weighted by atomic mass is 14.7. The first-order valence-corrected chi connectivity index (χ1v) is 19.0. The summed E-state index contributed by atoms with van der Waals surface area (Å²) in [5, 5.41) is 0. The zero-order chi connectivity index (χ0) is 36.6. The van der Waals surface area contributed by atoms with Crippen molar-refractivity contribution >= 4 is 0 Å². The summed E-state index contributed by atoms with van der Waals surface area (Å²) in [5.41, 5.74) is 18.5. The fourth-order valence-corrected chi connectivity index (χ4v) is 8.59. The van der Waals surface area contributed by atoms with E-state index in [1.54, 1.807) is 0 Å². The second-order valence-corrected chi connectivity index (χ2v) is 14.3. The summed E-state index contributed by atoms with van der Waals surface area (Å²) >= 11 is 0. The van der Waals surface area contributed by atoms with Crippen LogP contribution in [-0.2, 0) is 5.41 Å². The van der Waals surface area contributed by atoms with Crippen LogP contribution in [0.2, 0.25) is 0 Å². The quantitative estimate of drug-likeness (QED) is 0.161. The Balaban J connectivity index is 1.08. The van der Waals surface area contributed by atoms with Gasteiger partial charge < -0.3 is 0 Å². The Bertz CT molecular complexity index is 2690. The molecule has 1 heteroatoms. The molecule has 9 aromatic rings. The average Bonchev–Trinajstić information content (AvgIpc) is 3.58. The number of fused-ring (bicyclic) bond motifs is 3. The molecule has 0 amide bonds. The second kappa shape index (κ2) is 13.7. The SMILES string of the molecule is c1ccc(-c2cc(-c3cccc(-c4cccc(-c5ccc6c(c5)C(c5ccccc5)(c5ccccc5)c5ccccc5-6)c4)c3)cc(-c3ccccc3)n2)cc1. The third-order valence-electron chi connectivity index (χ3n) is 11.1. The van der Waals surface area contributed by atoms with Gasteiger partial charge in [0.2, 0.25) is 0 Å². The number of nitrogens with zero attached hydrogens (tertiary/aromatic N) is 1. The highest BCUT2D eigenvalue weighted by Crippen LogP contribution is 2.56. The monoisotopic (exact) mass is 699 g/mol. The van der Waals surface area contributed by atoms with E-state index in [0.717, 1.165) is 33.6 Å². The average molecular weight is 700 g/mol. The number of rotatable bonds is 7. The normalized spacial score (nSPS) is 12.5. The first kappa shape index (κ1) is 32.6. The van der Waals surface area contributed by atoms with Crippen LogP contribution in [-0.4, -0.2) is 4.98 Å². The van der Waals surface area contributed by atoms with Gasteiger partial charge in [0.05, 0.1) is 16.8 Å². The number of aromatic nitrogens is 1. The van der Waals surface area contributed by atoms with Crippen molar-refractivity contribution < 1.29 is 0 Å². The van der Waals surface area contributed by atoms with Crippen molar-refractivity contribution in [3.05, 3.63) is 247 Å². The second-order valence-electron chi connectivity index (χ2n) is 14.3. The summed E-state index contributed by atoms with van der Waals surface area (Å²) in [6.45, 7) is 0. The van der Waals surface area contributed by atoms with Crippen LogP contribution in [0.5, 0.6) is 0 Å². The van der Waals surface area contributed by atoms with Crippen LogP contribution in [0.1, 0.15) is 22.3 Å². The third kappa shape index (κ3) is 5.69. The van der Waals surface area contributed by atoms with Gasteiger partial charge in [-0.05, 0) is 97.1 Å². The van der Waals surface area contributed by atoms with Crippen LogP contribution in [0.3, 0.4) is 0 Å². The molecule has 0 spiro atoms. The number of hydrogen-bond donors (Lipinski definition) is 0. The number of benzene rings is 8. The Hall–Kier alpha value is -7.09. The van der Waals surface area contributed by atoms with Crippen molar-refractivity contribution in [1.82, 2.24) is 4.98 Å². The van der Waals surface area contributed by atoms with Crippen molar-refractivity contribution in [2.75, 3.05) is 0 Å². The molecule has 0 unspecified atom stereocenters. The van der Waals surface area contributed by atoms with E-state index in [4.69, 9.17) is 4.98 Å². The van der Waals surface area contributed by atoms with Gasteiger partial charge in [-0.2, -0.15) is 0 Å². The van der Waals surface area contributed by atoms with E-state index in [1.165, 1.54) is 55.6 Å². The van der Waals surface area contributed by atoms with Crippen LogP contribution in [0.15, 0.2) is 224 Å². The molecule has 0 bridgehead atoms. The standard InChI is InChI=1S/C54H37N/c1-5-17-38(18-6-1)52-36-45(37-53(55-52)39-19-7-2-8-20-39)43-24-16-22-41(34-43)40-21-15-23-42(33-40)44-31-32-49-48-29-13-14-30-50(48)54(51(49)35-44,46-25-9-3-10-26-46)47-27-11-4-12-28-47/h1-37H. The molecule has 10 rings (SSSR count). The van der Waals surface area contributed by atoms with Crippen molar-refractivity contribution in [2.45, 2.75) is 5.41 Å². The predicted molar refractivity (Wildman–Crippen MR) is 229 cm³/mol. The van der Waals surface area contributed by atoms with Gasteiger partial charge in [0, 0.05) is 11.1 Å². The lowest BCUT2D eigenvalue weighted by Gasteiger charge is -2.34. The van der Waals surface area contributed by atoms with Gasteiger partial charge in [-0.1, -0.05) is 194 Å². The van der Waals surface area contributed by atoms with Crippen LogP contribution in [0.25, 0.3) is 67.0 Å². The summed E-state index contributed by atoms with van der Waals surface area (Å²) in [4.78, 5) is 5.11. The van der Waals surface area contributed by atoms with Crippen LogP contribution in [0, 0.1) is 0 Å². The van der Waals surface area contributed by atoms with Gasteiger partial charge in [-0.3, -0.25) is 0 Å². The summed E-state index contributed by atoms with van der Waals surface area (Å²) in [6, 6.07) is 81.3. The molecule has 258 valence electrons. The molecule has 0 saturated carbocycles. The number of pyridine rings is 1. The lowest BCUT2D eigenvalue weighted by molar-refractivity contribution is 0.769. The van der Waals surface area contributed by atoms with Gasteiger partial charge in [0.25, 0.3) is 0 Å². The highest BCUT2D eigenvalue weighted by molar-refractivity contribution is 5.89. The summed E-state index contributed by atoms with van der Waals surface area (Å²) in [5.74, 6) is 0. The molecule has 1 heterocycles. The zero-order valence-electron chi connectivity index (χ0n) is 30.3. The summed E-state index contributed by atoms with van der Waals surface area (Å²) < 4.78 is 0. The van der Waals surface area contributed by atoms with E-state index in [9.17, 15) is 0 Å². The van der Waals surface area contributed by atoms with Crippen molar-refractivity contribution in [2.24, 2.45) is 0 Å². The van der Waals surface area contributed by atoms with Crippen LogP contribution >= 0.6 is 0 Å². The molecule has 8 aromatic carbocycles. The van der Waals surface area contributed by atoms with E-state index in [0.29, 0.717) is 0 Å². The zero-order valence-corrected chi connectivity index (χ0v) is 30.3. The van der Waals surface area contributed by atoms with Gasteiger partial charge in [0.1, 0.15) is 0 Å². The molecule has 0 saturated heterocycles. The Morgan fingerprint density at radius 1 is 0.255 bits per heavy atom. The van der Waals surface area contributed by atoms with Gasteiger partial charge in [-0.25, -0.2) is 4.98 Å². The Morgan fingerprint density at radius 2 is 0.655 bits per heavy atom. The van der Waals surface area contributed by atoms with E-state index in [-0.39, 0.29) is 0 Å². The lowest BCUT2D eigenvalue weighted by Crippen LogP contribution is -2.28. The van der Waals surface area contributed by atoms with E-state index >= 15 is 0 Å². The van der Waals surface area contributed by atoms with Crippen molar-refractivity contribution in [3.63, 3.8) is 0 Å².